The summed E-state index contributed by atoms with van der Waals surface area (Å²) in [5.41, 5.74) is 4.49. The minimum Gasteiger partial charge on any atom is -0.507 e. The summed E-state index contributed by atoms with van der Waals surface area (Å²) in [4.78, 5) is 27.6. The zero-order chi connectivity index (χ0) is 24.9. The van der Waals surface area contributed by atoms with Gasteiger partial charge in [-0.3, -0.25) is 9.59 Å². The number of ether oxygens (including phenoxy) is 1. The summed E-state index contributed by atoms with van der Waals surface area (Å²) in [6.45, 7) is 6.81. The number of carbonyl (C=O) groups excluding carboxylic acids is 2. The number of Topliss-reactive ketones (excluding diaryl/α,β-unsaturated/α-hetero) is 1. The fourth-order valence-electron chi connectivity index (χ4n) is 4.48. The molecule has 0 aliphatic carbocycles. The standard InChI is InChI=1S/C30H31NO4/c1-4-17-31-27(23-13-11-21(5-2)12-14-23)26(29(33)30(31)34)28(32)24-15-16-25(20(3)18-24)35-19-22-9-7-6-8-10-22/h6-16,18,27,32H,4-5,17,19H2,1-3H3/b28-26-. The molecule has 1 aliphatic rings. The quantitative estimate of drug-likeness (QED) is 0.251. The van der Waals surface area contributed by atoms with E-state index in [0.29, 0.717) is 30.9 Å². The molecule has 0 saturated carbocycles. The third-order valence-corrected chi connectivity index (χ3v) is 6.39. The van der Waals surface area contributed by atoms with Crippen LogP contribution in [0.4, 0.5) is 0 Å². The summed E-state index contributed by atoms with van der Waals surface area (Å²) >= 11 is 0. The van der Waals surface area contributed by atoms with E-state index >= 15 is 0 Å². The Morgan fingerprint density at radius 3 is 2.29 bits per heavy atom. The number of aryl methyl sites for hydroxylation is 2. The first-order valence-corrected chi connectivity index (χ1v) is 12.1. The minimum absolute atomic E-state index is 0.130. The molecular formula is C30H31NO4. The second-order valence-corrected chi connectivity index (χ2v) is 8.84. The van der Waals surface area contributed by atoms with Crippen LogP contribution in [0.1, 0.15) is 54.1 Å². The van der Waals surface area contributed by atoms with Crippen molar-refractivity contribution in [3.8, 4) is 5.75 Å². The van der Waals surface area contributed by atoms with Crippen LogP contribution in [0.5, 0.6) is 5.75 Å². The number of amides is 1. The lowest BCUT2D eigenvalue weighted by Crippen LogP contribution is -2.30. The first-order chi connectivity index (χ1) is 16.9. The van der Waals surface area contributed by atoms with Crippen molar-refractivity contribution in [1.29, 1.82) is 0 Å². The summed E-state index contributed by atoms with van der Waals surface area (Å²) in [5.74, 6) is -0.687. The highest BCUT2D eigenvalue weighted by molar-refractivity contribution is 6.46. The number of aliphatic hydroxyl groups is 1. The summed E-state index contributed by atoms with van der Waals surface area (Å²) in [7, 11) is 0. The highest BCUT2D eigenvalue weighted by Gasteiger charge is 2.45. The number of aliphatic hydroxyl groups excluding tert-OH is 1. The van der Waals surface area contributed by atoms with Gasteiger partial charge in [0, 0.05) is 12.1 Å². The van der Waals surface area contributed by atoms with Crippen molar-refractivity contribution in [3.05, 3.63) is 106 Å². The molecule has 0 aromatic heterocycles. The second kappa shape index (κ2) is 10.6. The van der Waals surface area contributed by atoms with Gasteiger partial charge >= 0.3 is 0 Å². The molecule has 3 aromatic rings. The maximum absolute atomic E-state index is 13.1. The molecule has 180 valence electrons. The summed E-state index contributed by atoms with van der Waals surface area (Å²) < 4.78 is 5.96. The van der Waals surface area contributed by atoms with E-state index < -0.39 is 17.7 Å². The van der Waals surface area contributed by atoms with Gasteiger partial charge in [-0.1, -0.05) is 68.4 Å². The van der Waals surface area contributed by atoms with Gasteiger partial charge in [0.25, 0.3) is 11.7 Å². The van der Waals surface area contributed by atoms with E-state index in [1.165, 1.54) is 5.56 Å². The van der Waals surface area contributed by atoms with Crippen molar-refractivity contribution in [2.75, 3.05) is 6.54 Å². The maximum atomic E-state index is 13.1. The molecule has 0 radical (unpaired) electrons. The van der Waals surface area contributed by atoms with Crippen LogP contribution in [-0.2, 0) is 22.6 Å². The summed E-state index contributed by atoms with van der Waals surface area (Å²) in [6.07, 6.45) is 1.61. The van der Waals surface area contributed by atoms with Crippen LogP contribution in [0.25, 0.3) is 5.76 Å². The van der Waals surface area contributed by atoms with E-state index in [4.69, 9.17) is 4.74 Å². The van der Waals surface area contributed by atoms with Crippen molar-refractivity contribution >= 4 is 17.4 Å². The van der Waals surface area contributed by atoms with Gasteiger partial charge in [0.2, 0.25) is 0 Å². The fraction of sp³-hybridized carbons (Fsp3) is 0.267. The number of hydrogen-bond donors (Lipinski definition) is 1. The zero-order valence-corrected chi connectivity index (χ0v) is 20.5. The molecule has 1 heterocycles. The van der Waals surface area contributed by atoms with E-state index in [0.717, 1.165) is 23.1 Å². The lowest BCUT2D eigenvalue weighted by Gasteiger charge is -2.25. The van der Waals surface area contributed by atoms with Crippen LogP contribution in [0.2, 0.25) is 0 Å². The Bertz CT molecular complexity index is 1250. The van der Waals surface area contributed by atoms with Crippen LogP contribution in [0, 0.1) is 6.92 Å². The number of likely N-dealkylation sites (tertiary alicyclic amines) is 1. The monoisotopic (exact) mass is 469 g/mol. The molecule has 1 amide bonds. The number of rotatable bonds is 8. The number of hydrogen-bond acceptors (Lipinski definition) is 4. The molecule has 35 heavy (non-hydrogen) atoms. The van der Waals surface area contributed by atoms with Gasteiger partial charge < -0.3 is 14.7 Å². The molecule has 0 spiro atoms. The first kappa shape index (κ1) is 24.3. The lowest BCUT2D eigenvalue weighted by molar-refractivity contribution is -0.139. The van der Waals surface area contributed by atoms with Crippen molar-refractivity contribution in [2.24, 2.45) is 0 Å². The summed E-state index contributed by atoms with van der Waals surface area (Å²) in [6, 6.07) is 22.5. The molecule has 1 saturated heterocycles. The Balaban J connectivity index is 1.69. The molecule has 1 N–H and O–H groups in total. The predicted octanol–water partition coefficient (Wildman–Crippen LogP) is 5.97. The second-order valence-electron chi connectivity index (χ2n) is 8.84. The van der Waals surface area contributed by atoms with Gasteiger partial charge in [-0.15, -0.1) is 0 Å². The average Bonchev–Trinajstić information content (AvgIpc) is 3.13. The third-order valence-electron chi connectivity index (χ3n) is 6.39. The van der Waals surface area contributed by atoms with Crippen LogP contribution in [-0.4, -0.2) is 28.2 Å². The predicted molar refractivity (Wildman–Crippen MR) is 137 cm³/mol. The normalized spacial score (nSPS) is 17.1. The highest BCUT2D eigenvalue weighted by Crippen LogP contribution is 2.40. The van der Waals surface area contributed by atoms with Crippen molar-refractivity contribution in [2.45, 2.75) is 46.3 Å². The lowest BCUT2D eigenvalue weighted by atomic mass is 9.94. The highest BCUT2D eigenvalue weighted by atomic mass is 16.5. The van der Waals surface area contributed by atoms with Gasteiger partial charge in [-0.2, -0.15) is 0 Å². The Kier molecular flexibility index (Phi) is 7.35. The van der Waals surface area contributed by atoms with Crippen molar-refractivity contribution < 1.29 is 19.4 Å². The largest absolute Gasteiger partial charge is 0.507 e. The third kappa shape index (κ3) is 4.99. The molecule has 1 aliphatic heterocycles. The van der Waals surface area contributed by atoms with Crippen LogP contribution in [0.15, 0.2) is 78.4 Å². The Morgan fingerprint density at radius 2 is 1.66 bits per heavy atom. The molecule has 5 heteroatoms. The number of ketones is 1. The SMILES string of the molecule is CCCN1C(=O)C(=O)/C(=C(\O)c2ccc(OCc3ccccc3)c(C)c2)C1c1ccc(CC)cc1. The van der Waals surface area contributed by atoms with Gasteiger partial charge in [0.05, 0.1) is 11.6 Å². The summed E-state index contributed by atoms with van der Waals surface area (Å²) in [5, 5.41) is 11.3. The Hall–Kier alpha value is -3.86. The average molecular weight is 470 g/mol. The van der Waals surface area contributed by atoms with Gasteiger partial charge in [-0.25, -0.2) is 0 Å². The number of carbonyl (C=O) groups is 2. The molecule has 3 aromatic carbocycles. The Morgan fingerprint density at radius 1 is 0.943 bits per heavy atom. The van der Waals surface area contributed by atoms with Crippen LogP contribution < -0.4 is 4.74 Å². The Labute approximate surface area is 206 Å². The minimum atomic E-state index is -0.650. The molecule has 1 unspecified atom stereocenters. The number of benzene rings is 3. The van der Waals surface area contributed by atoms with Gasteiger partial charge in [0.1, 0.15) is 18.1 Å². The molecule has 4 rings (SSSR count). The van der Waals surface area contributed by atoms with Gasteiger partial charge in [0.15, 0.2) is 0 Å². The molecule has 0 bridgehead atoms. The number of nitrogens with zero attached hydrogens (tertiary/aromatic N) is 1. The van der Waals surface area contributed by atoms with E-state index in [9.17, 15) is 14.7 Å². The first-order valence-electron chi connectivity index (χ1n) is 12.1. The van der Waals surface area contributed by atoms with Crippen molar-refractivity contribution in [3.63, 3.8) is 0 Å². The van der Waals surface area contributed by atoms with Crippen LogP contribution in [0.3, 0.4) is 0 Å². The van der Waals surface area contributed by atoms with E-state index in [1.54, 1.807) is 23.1 Å². The molecule has 5 nitrogen and oxygen atoms in total. The maximum Gasteiger partial charge on any atom is 0.295 e. The molecule has 1 atom stereocenters. The fourth-order valence-corrected chi connectivity index (χ4v) is 4.48. The van der Waals surface area contributed by atoms with Gasteiger partial charge in [-0.05, 0) is 60.2 Å². The van der Waals surface area contributed by atoms with E-state index in [1.807, 2.05) is 68.4 Å². The van der Waals surface area contributed by atoms with Crippen LogP contribution >= 0.6 is 0 Å². The smallest absolute Gasteiger partial charge is 0.295 e. The molecule has 1 fully saturated rings. The van der Waals surface area contributed by atoms with E-state index in [2.05, 4.69) is 6.92 Å². The topological polar surface area (TPSA) is 66.8 Å². The van der Waals surface area contributed by atoms with Crippen molar-refractivity contribution in [1.82, 2.24) is 4.90 Å². The zero-order valence-electron chi connectivity index (χ0n) is 20.5. The van der Waals surface area contributed by atoms with E-state index in [-0.39, 0.29) is 11.3 Å². The molecular weight excluding hydrogens is 438 g/mol.